The molecule has 0 unspecified atom stereocenters. The van der Waals surface area contributed by atoms with Crippen molar-refractivity contribution in [2.24, 2.45) is 0 Å². The van der Waals surface area contributed by atoms with Crippen LogP contribution in [0.2, 0.25) is 0 Å². The summed E-state index contributed by atoms with van der Waals surface area (Å²) in [6, 6.07) is 3.66. The first kappa shape index (κ1) is 13.0. The Morgan fingerprint density at radius 2 is 1.94 bits per heavy atom. The average Bonchev–Trinajstić information content (AvgIpc) is 2.28. The minimum atomic E-state index is 0.271. The molecule has 0 atom stereocenters. The summed E-state index contributed by atoms with van der Waals surface area (Å²) in [5, 5.41) is 0. The molecular weight excluding hydrogens is 294 g/mol. The van der Waals surface area contributed by atoms with Crippen LogP contribution in [0.15, 0.2) is 29.0 Å². The van der Waals surface area contributed by atoms with E-state index in [-0.39, 0.29) is 5.92 Å². The van der Waals surface area contributed by atoms with Gasteiger partial charge in [0.2, 0.25) is 5.88 Å². The molecule has 94 valence electrons. The summed E-state index contributed by atoms with van der Waals surface area (Å²) in [5.41, 5.74) is 0.895. The Morgan fingerprint density at radius 1 is 1.17 bits per heavy atom. The Morgan fingerprint density at radius 3 is 2.61 bits per heavy atom. The fourth-order valence-electron chi connectivity index (χ4n) is 1.44. The van der Waals surface area contributed by atoms with Gasteiger partial charge in [-0.3, -0.25) is 4.98 Å². The van der Waals surface area contributed by atoms with Gasteiger partial charge in [0.15, 0.2) is 0 Å². The van der Waals surface area contributed by atoms with Crippen LogP contribution in [-0.2, 0) is 0 Å². The molecule has 2 aromatic rings. The maximum atomic E-state index is 5.69. The second kappa shape index (κ2) is 5.44. The molecule has 0 aliphatic heterocycles. The van der Waals surface area contributed by atoms with E-state index >= 15 is 0 Å². The molecule has 2 rings (SSSR count). The van der Waals surface area contributed by atoms with E-state index in [1.807, 2.05) is 19.1 Å². The number of hydrogen-bond acceptors (Lipinski definition) is 4. The number of pyridine rings is 1. The van der Waals surface area contributed by atoms with Crippen LogP contribution in [-0.4, -0.2) is 15.0 Å². The minimum absolute atomic E-state index is 0.271. The number of rotatable bonds is 3. The van der Waals surface area contributed by atoms with Crippen molar-refractivity contribution in [3.63, 3.8) is 0 Å². The van der Waals surface area contributed by atoms with Crippen LogP contribution >= 0.6 is 15.9 Å². The summed E-state index contributed by atoms with van der Waals surface area (Å²) in [5.74, 6) is 2.25. The summed E-state index contributed by atoms with van der Waals surface area (Å²) in [6.07, 6.45) is 3.36. The van der Waals surface area contributed by atoms with Crippen LogP contribution < -0.4 is 4.74 Å². The van der Waals surface area contributed by atoms with Crippen molar-refractivity contribution < 1.29 is 4.74 Å². The van der Waals surface area contributed by atoms with Gasteiger partial charge in [-0.25, -0.2) is 4.98 Å². The summed E-state index contributed by atoms with van der Waals surface area (Å²) < 4.78 is 6.56. The second-order valence-corrected chi connectivity index (χ2v) is 5.22. The number of nitrogens with zero attached hydrogens (tertiary/aromatic N) is 3. The highest BCUT2D eigenvalue weighted by molar-refractivity contribution is 9.10. The zero-order valence-corrected chi connectivity index (χ0v) is 12.1. The van der Waals surface area contributed by atoms with Crippen molar-refractivity contribution in [3.05, 3.63) is 40.5 Å². The number of aromatic nitrogens is 3. The minimum Gasteiger partial charge on any atom is -0.437 e. The molecule has 2 aromatic heterocycles. The van der Waals surface area contributed by atoms with Crippen LogP contribution in [0.25, 0.3) is 0 Å². The van der Waals surface area contributed by atoms with Crippen molar-refractivity contribution >= 4 is 15.9 Å². The lowest BCUT2D eigenvalue weighted by Crippen LogP contribution is -2.01. The van der Waals surface area contributed by atoms with Crippen molar-refractivity contribution in [2.45, 2.75) is 26.7 Å². The Balaban J connectivity index is 2.29. The van der Waals surface area contributed by atoms with Gasteiger partial charge in [0.05, 0.1) is 6.20 Å². The summed E-state index contributed by atoms with van der Waals surface area (Å²) in [6.45, 7) is 6.04. The van der Waals surface area contributed by atoms with Gasteiger partial charge in [-0.1, -0.05) is 13.8 Å². The van der Waals surface area contributed by atoms with Crippen molar-refractivity contribution in [3.8, 4) is 11.6 Å². The molecule has 0 aliphatic carbocycles. The van der Waals surface area contributed by atoms with Crippen LogP contribution in [0.1, 0.15) is 31.3 Å². The third-order valence-electron chi connectivity index (χ3n) is 2.27. The van der Waals surface area contributed by atoms with Gasteiger partial charge in [-0.2, -0.15) is 4.98 Å². The van der Waals surface area contributed by atoms with Crippen molar-refractivity contribution in [1.29, 1.82) is 0 Å². The quantitative estimate of drug-likeness (QED) is 0.864. The van der Waals surface area contributed by atoms with E-state index in [2.05, 4.69) is 44.7 Å². The molecule has 0 aliphatic rings. The van der Waals surface area contributed by atoms with E-state index in [4.69, 9.17) is 4.74 Å². The van der Waals surface area contributed by atoms with Crippen LogP contribution in [0.4, 0.5) is 0 Å². The lowest BCUT2D eigenvalue weighted by atomic mass is 10.2. The van der Waals surface area contributed by atoms with Gasteiger partial charge in [-0.05, 0) is 28.9 Å². The molecule has 0 saturated carbocycles. The maximum absolute atomic E-state index is 5.69. The Kier molecular flexibility index (Phi) is 3.91. The monoisotopic (exact) mass is 307 g/mol. The fourth-order valence-corrected chi connectivity index (χ4v) is 1.79. The molecule has 0 amide bonds. The number of aryl methyl sites for hydroxylation is 1. The van der Waals surface area contributed by atoms with E-state index in [0.717, 1.165) is 16.0 Å². The van der Waals surface area contributed by atoms with E-state index in [0.29, 0.717) is 11.6 Å². The molecule has 0 aromatic carbocycles. The van der Waals surface area contributed by atoms with Gasteiger partial charge < -0.3 is 4.74 Å². The van der Waals surface area contributed by atoms with E-state index < -0.39 is 0 Å². The highest BCUT2D eigenvalue weighted by Crippen LogP contribution is 2.23. The molecule has 0 bridgehead atoms. The third kappa shape index (κ3) is 3.26. The predicted molar refractivity (Wildman–Crippen MR) is 72.9 cm³/mol. The highest BCUT2D eigenvalue weighted by Gasteiger charge is 2.08. The first-order valence-electron chi connectivity index (χ1n) is 5.68. The number of halogens is 1. The van der Waals surface area contributed by atoms with Crippen LogP contribution in [0.3, 0.4) is 0 Å². The molecule has 2 heterocycles. The lowest BCUT2D eigenvalue weighted by Gasteiger charge is -2.09. The van der Waals surface area contributed by atoms with E-state index in [9.17, 15) is 0 Å². The van der Waals surface area contributed by atoms with E-state index in [1.54, 1.807) is 12.4 Å². The number of hydrogen-bond donors (Lipinski definition) is 0. The fraction of sp³-hybridized carbons (Fsp3) is 0.308. The first-order valence-corrected chi connectivity index (χ1v) is 6.48. The van der Waals surface area contributed by atoms with Gasteiger partial charge in [0, 0.05) is 28.3 Å². The third-order valence-corrected chi connectivity index (χ3v) is 2.70. The molecule has 0 saturated heterocycles. The average molecular weight is 308 g/mol. The maximum Gasteiger partial charge on any atom is 0.222 e. The predicted octanol–water partition coefficient (Wildman–Crippen LogP) is 3.86. The Labute approximate surface area is 115 Å². The summed E-state index contributed by atoms with van der Waals surface area (Å²) >= 11 is 3.35. The normalized spacial score (nSPS) is 10.7. The van der Waals surface area contributed by atoms with Gasteiger partial charge in [0.25, 0.3) is 0 Å². The van der Waals surface area contributed by atoms with Gasteiger partial charge in [0.1, 0.15) is 11.6 Å². The molecule has 0 radical (unpaired) electrons. The Bertz CT molecular complexity index is 558. The van der Waals surface area contributed by atoms with Gasteiger partial charge >= 0.3 is 0 Å². The molecule has 4 nitrogen and oxygen atoms in total. The van der Waals surface area contributed by atoms with Crippen LogP contribution in [0.5, 0.6) is 11.6 Å². The second-order valence-electron chi connectivity index (χ2n) is 4.30. The summed E-state index contributed by atoms with van der Waals surface area (Å²) in [7, 11) is 0. The van der Waals surface area contributed by atoms with Crippen molar-refractivity contribution in [2.75, 3.05) is 0 Å². The molecule has 5 heteroatoms. The SMILES string of the molecule is Cc1cc(Oc2cncc(Br)c2)nc(C(C)C)n1. The zero-order chi connectivity index (χ0) is 13.1. The molecule has 0 spiro atoms. The zero-order valence-electron chi connectivity index (χ0n) is 10.5. The molecule has 0 fully saturated rings. The molecule has 18 heavy (non-hydrogen) atoms. The largest absolute Gasteiger partial charge is 0.437 e. The van der Waals surface area contributed by atoms with Crippen LogP contribution in [0, 0.1) is 6.92 Å². The Hall–Kier alpha value is -1.49. The van der Waals surface area contributed by atoms with Gasteiger partial charge in [-0.15, -0.1) is 0 Å². The van der Waals surface area contributed by atoms with E-state index in [1.165, 1.54) is 0 Å². The standard InChI is InChI=1S/C13H14BrN3O/c1-8(2)13-16-9(3)4-12(17-13)18-11-5-10(14)6-15-7-11/h4-8H,1-3H3. The first-order chi connectivity index (χ1) is 8.54. The highest BCUT2D eigenvalue weighted by atomic mass is 79.9. The number of ether oxygens (including phenoxy) is 1. The molecule has 0 N–H and O–H groups in total. The smallest absolute Gasteiger partial charge is 0.222 e. The lowest BCUT2D eigenvalue weighted by molar-refractivity contribution is 0.453. The summed E-state index contributed by atoms with van der Waals surface area (Å²) in [4.78, 5) is 12.8. The topological polar surface area (TPSA) is 47.9 Å². The van der Waals surface area contributed by atoms with Crippen molar-refractivity contribution in [1.82, 2.24) is 15.0 Å². The molecular formula is C13H14BrN3O.